The van der Waals surface area contributed by atoms with Gasteiger partial charge in [0.25, 0.3) is 0 Å². The third-order valence-corrected chi connectivity index (χ3v) is 6.39. The third kappa shape index (κ3) is 5.27. The summed E-state index contributed by atoms with van der Waals surface area (Å²) in [4.78, 5) is 18.0. The molecule has 172 valence electrons. The molecule has 4 rings (SSSR count). The minimum absolute atomic E-state index is 0.115. The molecule has 1 amide bonds. The number of amides is 1. The molecule has 1 aromatic heterocycles. The van der Waals surface area contributed by atoms with Gasteiger partial charge in [-0.05, 0) is 72.1 Å². The van der Waals surface area contributed by atoms with Crippen molar-refractivity contribution >= 4 is 6.09 Å². The molecule has 1 unspecified atom stereocenters. The first-order valence-corrected chi connectivity index (χ1v) is 11.3. The van der Waals surface area contributed by atoms with Crippen molar-refractivity contribution in [1.29, 1.82) is 0 Å². The lowest BCUT2D eigenvalue weighted by Crippen LogP contribution is -2.50. The summed E-state index contributed by atoms with van der Waals surface area (Å²) in [5.74, 6) is -1.89. The molecule has 31 heavy (non-hydrogen) atoms. The molecule has 3 fully saturated rings. The number of aromatic nitrogens is 1. The molecule has 8 heteroatoms. The van der Waals surface area contributed by atoms with Gasteiger partial charge in [0, 0.05) is 12.1 Å². The highest BCUT2D eigenvalue weighted by Gasteiger charge is 2.45. The zero-order valence-electron chi connectivity index (χ0n) is 18.5. The summed E-state index contributed by atoms with van der Waals surface area (Å²) in [6.07, 6.45) is 8.35. The van der Waals surface area contributed by atoms with Gasteiger partial charge in [0.05, 0.1) is 30.7 Å². The fourth-order valence-corrected chi connectivity index (χ4v) is 5.09. The van der Waals surface area contributed by atoms with Crippen LogP contribution in [0, 0.1) is 11.6 Å². The number of piperidine rings is 1. The number of halogens is 2. The fraction of sp³-hybridized carbons (Fsp3) is 0.739. The normalized spacial score (nSPS) is 30.9. The number of rotatable bonds is 4. The van der Waals surface area contributed by atoms with E-state index in [1.54, 1.807) is 0 Å². The van der Waals surface area contributed by atoms with E-state index in [9.17, 15) is 13.6 Å². The molecule has 3 aliphatic rings. The Balaban J connectivity index is 1.25. The number of carbonyl (C=O) groups is 1. The molecule has 2 aliphatic heterocycles. The van der Waals surface area contributed by atoms with Crippen LogP contribution in [0.25, 0.3) is 0 Å². The van der Waals surface area contributed by atoms with Crippen LogP contribution in [-0.2, 0) is 9.47 Å². The minimum Gasteiger partial charge on any atom is -0.484 e. The summed E-state index contributed by atoms with van der Waals surface area (Å²) in [5.41, 5.74) is -0.493. The molecule has 2 bridgehead atoms. The number of carbonyl (C=O) groups excluding carboxylic acids is 1. The quantitative estimate of drug-likeness (QED) is 0.662. The first kappa shape index (κ1) is 22.2. The molecule has 0 radical (unpaired) electrons. The average molecular weight is 439 g/mol. The van der Waals surface area contributed by atoms with Crippen LogP contribution in [0.15, 0.2) is 12.4 Å². The number of pyridine rings is 1. The highest BCUT2D eigenvalue weighted by molar-refractivity contribution is 5.69. The Hall–Kier alpha value is -1.96. The van der Waals surface area contributed by atoms with Crippen LogP contribution < -0.4 is 4.74 Å². The van der Waals surface area contributed by atoms with Gasteiger partial charge >= 0.3 is 6.09 Å². The molecule has 3 atom stereocenters. The second-order valence-electron chi connectivity index (χ2n) is 9.95. The molecule has 3 heterocycles. The summed E-state index contributed by atoms with van der Waals surface area (Å²) in [6, 6.07) is 0.354. The number of hydrogen-bond donors (Lipinski definition) is 0. The standard InChI is InChI=1S/C23H32F2N2O4/c1-23(2,3)31-22(28)27-14-4-5-15(27)11-18(10-14)29-16-6-8-17(9-7-16)30-21-19(24)12-26-13-20(21)25/h12-18H,4-11H2,1-3H3/t14-,15+,16?,17?,18?. The van der Waals surface area contributed by atoms with Crippen LogP contribution in [0.4, 0.5) is 13.6 Å². The lowest BCUT2D eigenvalue weighted by atomic mass is 9.93. The summed E-state index contributed by atoms with van der Waals surface area (Å²) in [6.45, 7) is 5.67. The van der Waals surface area contributed by atoms with Crippen molar-refractivity contribution in [3.05, 3.63) is 24.0 Å². The largest absolute Gasteiger partial charge is 0.484 e. The molecule has 1 aromatic rings. The van der Waals surface area contributed by atoms with Crippen molar-refractivity contribution in [3.8, 4) is 5.75 Å². The molecular weight excluding hydrogens is 406 g/mol. The topological polar surface area (TPSA) is 60.9 Å². The molecule has 6 nitrogen and oxygen atoms in total. The van der Waals surface area contributed by atoms with Gasteiger partial charge in [0.15, 0.2) is 17.4 Å². The van der Waals surface area contributed by atoms with E-state index in [0.29, 0.717) is 12.8 Å². The predicted octanol–water partition coefficient (Wildman–Crippen LogP) is 5.00. The average Bonchev–Trinajstić information content (AvgIpc) is 2.96. The van der Waals surface area contributed by atoms with Gasteiger partial charge in [-0.1, -0.05) is 0 Å². The van der Waals surface area contributed by atoms with Crippen molar-refractivity contribution in [2.45, 2.75) is 108 Å². The van der Waals surface area contributed by atoms with E-state index in [-0.39, 0.29) is 42.2 Å². The maximum atomic E-state index is 13.8. The molecule has 1 saturated carbocycles. The predicted molar refractivity (Wildman–Crippen MR) is 110 cm³/mol. The molecular formula is C23H32F2N2O4. The third-order valence-electron chi connectivity index (χ3n) is 6.39. The number of fused-ring (bicyclic) bond motifs is 2. The Kier molecular flexibility index (Phi) is 6.37. The van der Waals surface area contributed by atoms with Crippen LogP contribution in [-0.4, -0.2) is 52.0 Å². The van der Waals surface area contributed by atoms with Gasteiger partial charge in [-0.15, -0.1) is 0 Å². The van der Waals surface area contributed by atoms with Crippen molar-refractivity contribution in [1.82, 2.24) is 9.88 Å². The van der Waals surface area contributed by atoms with Gasteiger partial charge in [-0.3, -0.25) is 4.98 Å². The van der Waals surface area contributed by atoms with Crippen molar-refractivity contribution < 1.29 is 27.8 Å². The van der Waals surface area contributed by atoms with E-state index in [1.807, 2.05) is 25.7 Å². The summed E-state index contributed by atoms with van der Waals surface area (Å²) in [5, 5.41) is 0. The van der Waals surface area contributed by atoms with Crippen LogP contribution in [0.2, 0.25) is 0 Å². The van der Waals surface area contributed by atoms with Gasteiger partial charge in [0.1, 0.15) is 5.60 Å². The first-order chi connectivity index (χ1) is 14.7. The van der Waals surface area contributed by atoms with E-state index >= 15 is 0 Å². The number of ether oxygens (including phenoxy) is 3. The van der Waals surface area contributed by atoms with Crippen LogP contribution in [0.1, 0.15) is 72.1 Å². The molecule has 1 aliphatic carbocycles. The van der Waals surface area contributed by atoms with Gasteiger partial charge in [0.2, 0.25) is 0 Å². The second kappa shape index (κ2) is 8.88. The highest BCUT2D eigenvalue weighted by atomic mass is 19.1. The van der Waals surface area contributed by atoms with E-state index in [4.69, 9.17) is 14.2 Å². The zero-order chi connectivity index (χ0) is 22.2. The summed E-state index contributed by atoms with van der Waals surface area (Å²) in [7, 11) is 0. The Labute approximate surface area is 182 Å². The lowest BCUT2D eigenvalue weighted by molar-refractivity contribution is -0.0815. The minimum atomic E-state index is -0.773. The van der Waals surface area contributed by atoms with Gasteiger partial charge in [-0.2, -0.15) is 0 Å². The van der Waals surface area contributed by atoms with E-state index in [2.05, 4.69) is 4.98 Å². The molecule has 0 spiro atoms. The van der Waals surface area contributed by atoms with Crippen molar-refractivity contribution in [2.24, 2.45) is 0 Å². The zero-order valence-corrected chi connectivity index (χ0v) is 18.5. The summed E-state index contributed by atoms with van der Waals surface area (Å²) >= 11 is 0. The van der Waals surface area contributed by atoms with E-state index < -0.39 is 17.2 Å². The van der Waals surface area contributed by atoms with Crippen LogP contribution in [0.5, 0.6) is 5.75 Å². The fourth-order valence-electron chi connectivity index (χ4n) is 5.09. The second-order valence-corrected chi connectivity index (χ2v) is 9.95. The lowest BCUT2D eigenvalue weighted by Gasteiger charge is -2.41. The number of hydrogen-bond acceptors (Lipinski definition) is 5. The molecule has 0 N–H and O–H groups in total. The van der Waals surface area contributed by atoms with Crippen LogP contribution >= 0.6 is 0 Å². The van der Waals surface area contributed by atoms with Crippen LogP contribution in [0.3, 0.4) is 0 Å². The van der Waals surface area contributed by atoms with Gasteiger partial charge < -0.3 is 19.1 Å². The number of nitrogens with zero attached hydrogens (tertiary/aromatic N) is 2. The Morgan fingerprint density at radius 1 is 0.935 bits per heavy atom. The Morgan fingerprint density at radius 3 is 2.03 bits per heavy atom. The Morgan fingerprint density at radius 2 is 1.48 bits per heavy atom. The van der Waals surface area contributed by atoms with Crippen molar-refractivity contribution in [2.75, 3.05) is 0 Å². The molecule has 0 aromatic carbocycles. The molecule has 2 saturated heterocycles. The highest BCUT2D eigenvalue weighted by Crippen LogP contribution is 2.39. The van der Waals surface area contributed by atoms with Gasteiger partial charge in [-0.25, -0.2) is 13.6 Å². The van der Waals surface area contributed by atoms with E-state index in [0.717, 1.165) is 50.9 Å². The maximum absolute atomic E-state index is 13.8. The van der Waals surface area contributed by atoms with Crippen molar-refractivity contribution in [3.63, 3.8) is 0 Å². The Bertz CT molecular complexity index is 758. The monoisotopic (exact) mass is 438 g/mol. The van der Waals surface area contributed by atoms with E-state index in [1.165, 1.54) is 0 Å². The smallest absolute Gasteiger partial charge is 0.410 e. The summed E-state index contributed by atoms with van der Waals surface area (Å²) < 4.78 is 45.1. The maximum Gasteiger partial charge on any atom is 0.410 e. The SMILES string of the molecule is CC(C)(C)OC(=O)N1[C@@H]2CC[C@H]1CC(OC1CCC(Oc3c(F)cncc3F)CC1)C2. The first-order valence-electron chi connectivity index (χ1n) is 11.3.